The van der Waals surface area contributed by atoms with Crippen LogP contribution in [0.5, 0.6) is 34.5 Å². The first-order chi connectivity index (χ1) is 19.5. The van der Waals surface area contributed by atoms with Crippen LogP contribution in [0.15, 0.2) is 54.6 Å². The van der Waals surface area contributed by atoms with E-state index >= 15 is 0 Å². The van der Waals surface area contributed by atoms with Crippen LogP contribution < -0.4 is 4.74 Å². The van der Waals surface area contributed by atoms with Crippen molar-refractivity contribution in [2.24, 2.45) is 0 Å². The van der Waals surface area contributed by atoms with Gasteiger partial charge in [-0.1, -0.05) is 18.2 Å². The number of phenolic OH excluding ortho intramolecular Hbond substituents is 5. The molecule has 0 amide bonds. The highest BCUT2D eigenvalue weighted by molar-refractivity contribution is 5.91. The fourth-order valence-corrected chi connectivity index (χ4v) is 4.44. The van der Waals surface area contributed by atoms with Gasteiger partial charge in [-0.3, -0.25) is 4.79 Å². The molecule has 3 atom stereocenters. The number of hydrogen-bond donors (Lipinski definition) is 5. The van der Waals surface area contributed by atoms with E-state index in [-0.39, 0.29) is 40.5 Å². The zero-order chi connectivity index (χ0) is 29.8. The van der Waals surface area contributed by atoms with E-state index in [9.17, 15) is 39.9 Å². The minimum absolute atomic E-state index is 0.0481. The Bertz CT molecular complexity index is 1530. The van der Waals surface area contributed by atoms with Gasteiger partial charge in [0.1, 0.15) is 12.0 Å². The maximum Gasteiger partial charge on any atom is 0.347 e. The van der Waals surface area contributed by atoms with E-state index in [0.29, 0.717) is 11.1 Å². The third-order valence-corrected chi connectivity index (χ3v) is 6.43. The smallest absolute Gasteiger partial charge is 0.347 e. The van der Waals surface area contributed by atoms with Gasteiger partial charge in [0.05, 0.1) is 14.2 Å². The molecule has 12 nitrogen and oxygen atoms in total. The largest absolute Gasteiger partial charge is 0.504 e. The second-order valence-corrected chi connectivity index (χ2v) is 9.01. The van der Waals surface area contributed by atoms with Crippen molar-refractivity contribution in [1.29, 1.82) is 0 Å². The molecular formula is C29H26O12. The number of benzene rings is 3. The standard InChI is InChI=1S/C29H26O12/c1-38-28(36)22(12-14-3-7-17(30)20(33)11-14)40-23(35)10-6-15-4-9-19(32)27-24(15)25(29(37)39-2)26(41-27)16-5-8-18(31)21(34)13-16/h3-11,13,22,25-26,30-34H,12H2,1-2H3/b10-6+/t22-,25-,26+/m1/s1. The van der Waals surface area contributed by atoms with Crippen LogP contribution in [0.4, 0.5) is 0 Å². The lowest BCUT2D eigenvalue weighted by Gasteiger charge is -2.18. The molecule has 4 rings (SSSR count). The van der Waals surface area contributed by atoms with Crippen LogP contribution in [-0.2, 0) is 35.0 Å². The molecule has 1 heterocycles. The number of carbonyl (C=O) groups is 3. The highest BCUT2D eigenvalue weighted by atomic mass is 16.6. The Morgan fingerprint density at radius 2 is 1.51 bits per heavy atom. The number of phenols is 5. The van der Waals surface area contributed by atoms with E-state index in [1.807, 2.05) is 0 Å². The zero-order valence-corrected chi connectivity index (χ0v) is 21.8. The van der Waals surface area contributed by atoms with Crippen LogP contribution in [0.1, 0.15) is 34.3 Å². The van der Waals surface area contributed by atoms with Gasteiger partial charge in [-0.05, 0) is 53.1 Å². The number of ether oxygens (including phenoxy) is 4. The first-order valence-electron chi connectivity index (χ1n) is 12.1. The van der Waals surface area contributed by atoms with Gasteiger partial charge in [0.25, 0.3) is 0 Å². The molecule has 0 spiro atoms. The van der Waals surface area contributed by atoms with Crippen molar-refractivity contribution in [3.05, 3.63) is 76.9 Å². The molecule has 0 fully saturated rings. The lowest BCUT2D eigenvalue weighted by atomic mass is 9.87. The monoisotopic (exact) mass is 566 g/mol. The highest BCUT2D eigenvalue weighted by Crippen LogP contribution is 2.52. The van der Waals surface area contributed by atoms with E-state index in [4.69, 9.17) is 18.9 Å². The fourth-order valence-electron chi connectivity index (χ4n) is 4.44. The Morgan fingerprint density at radius 1 is 0.854 bits per heavy atom. The van der Waals surface area contributed by atoms with Crippen molar-refractivity contribution < 1.29 is 58.9 Å². The topological polar surface area (TPSA) is 189 Å². The Balaban J connectivity index is 1.62. The minimum Gasteiger partial charge on any atom is -0.504 e. The quantitative estimate of drug-likeness (QED) is 0.116. The summed E-state index contributed by atoms with van der Waals surface area (Å²) in [6, 6.07) is 10.5. The predicted molar refractivity (Wildman–Crippen MR) is 140 cm³/mol. The van der Waals surface area contributed by atoms with Gasteiger partial charge in [0, 0.05) is 18.1 Å². The highest BCUT2D eigenvalue weighted by Gasteiger charge is 2.44. The van der Waals surface area contributed by atoms with Gasteiger partial charge < -0.3 is 44.5 Å². The molecule has 214 valence electrons. The molecule has 0 aliphatic carbocycles. The second kappa shape index (κ2) is 11.8. The fraction of sp³-hybridized carbons (Fsp3) is 0.207. The van der Waals surface area contributed by atoms with Gasteiger partial charge in [-0.25, -0.2) is 9.59 Å². The number of methoxy groups -OCH3 is 2. The van der Waals surface area contributed by atoms with Crippen molar-refractivity contribution in [3.8, 4) is 34.5 Å². The minimum atomic E-state index is -1.38. The van der Waals surface area contributed by atoms with Gasteiger partial charge in [0.2, 0.25) is 6.10 Å². The number of carbonyl (C=O) groups excluding carboxylic acids is 3. The molecule has 41 heavy (non-hydrogen) atoms. The zero-order valence-electron chi connectivity index (χ0n) is 21.8. The van der Waals surface area contributed by atoms with Crippen molar-refractivity contribution in [1.82, 2.24) is 0 Å². The summed E-state index contributed by atoms with van der Waals surface area (Å²) in [5, 5.41) is 49.4. The molecule has 3 aromatic carbocycles. The third kappa shape index (κ3) is 5.96. The van der Waals surface area contributed by atoms with Crippen LogP contribution in [0, 0.1) is 0 Å². The van der Waals surface area contributed by atoms with Crippen molar-refractivity contribution in [2.45, 2.75) is 24.5 Å². The molecule has 3 aromatic rings. The van der Waals surface area contributed by atoms with E-state index in [1.54, 1.807) is 0 Å². The second-order valence-electron chi connectivity index (χ2n) is 9.01. The number of aromatic hydroxyl groups is 5. The van der Waals surface area contributed by atoms with Crippen LogP contribution in [-0.4, -0.2) is 63.8 Å². The normalized spacial score (nSPS) is 16.4. The van der Waals surface area contributed by atoms with Gasteiger partial charge in [-0.15, -0.1) is 0 Å². The summed E-state index contributed by atoms with van der Waals surface area (Å²) in [6.45, 7) is 0. The lowest BCUT2D eigenvalue weighted by molar-refractivity contribution is -0.162. The SMILES string of the molecule is COC(=O)[C@@H]1c2c(/C=C/C(=O)O[C@H](Cc3ccc(O)c(O)c3)C(=O)OC)ccc(O)c2O[C@H]1c1ccc(O)c(O)c1. The molecule has 0 saturated heterocycles. The molecule has 1 aliphatic rings. The Morgan fingerprint density at radius 3 is 2.15 bits per heavy atom. The lowest BCUT2D eigenvalue weighted by Crippen LogP contribution is -2.30. The van der Waals surface area contributed by atoms with E-state index < -0.39 is 47.5 Å². The number of esters is 3. The summed E-state index contributed by atoms with van der Waals surface area (Å²) < 4.78 is 20.9. The summed E-state index contributed by atoms with van der Waals surface area (Å²) in [4.78, 5) is 37.9. The summed E-state index contributed by atoms with van der Waals surface area (Å²) >= 11 is 0. The Kier molecular flexibility index (Phi) is 8.22. The summed E-state index contributed by atoms with van der Waals surface area (Å²) in [6.07, 6.45) is -0.290. The summed E-state index contributed by atoms with van der Waals surface area (Å²) in [5.41, 5.74) is 1.17. The number of rotatable bonds is 8. The first-order valence-corrected chi connectivity index (χ1v) is 12.1. The molecule has 0 aromatic heterocycles. The predicted octanol–water partition coefficient (Wildman–Crippen LogP) is 2.95. The van der Waals surface area contributed by atoms with Crippen molar-refractivity contribution in [3.63, 3.8) is 0 Å². The molecule has 12 heteroatoms. The molecule has 1 aliphatic heterocycles. The van der Waals surface area contributed by atoms with Gasteiger partial charge >= 0.3 is 17.9 Å². The summed E-state index contributed by atoms with van der Waals surface area (Å²) in [7, 11) is 2.28. The van der Waals surface area contributed by atoms with Crippen LogP contribution in [0.2, 0.25) is 0 Å². The Hall–Kier alpha value is -5.39. The van der Waals surface area contributed by atoms with Crippen molar-refractivity contribution in [2.75, 3.05) is 14.2 Å². The average Bonchev–Trinajstić information content (AvgIpc) is 3.36. The number of hydrogen-bond acceptors (Lipinski definition) is 12. The molecule has 0 radical (unpaired) electrons. The van der Waals surface area contributed by atoms with Gasteiger partial charge in [0.15, 0.2) is 34.5 Å². The van der Waals surface area contributed by atoms with E-state index in [1.165, 1.54) is 61.7 Å². The molecule has 5 N–H and O–H groups in total. The van der Waals surface area contributed by atoms with Crippen LogP contribution in [0.25, 0.3) is 6.08 Å². The average molecular weight is 567 g/mol. The third-order valence-electron chi connectivity index (χ3n) is 6.43. The Labute approximate surface area is 233 Å². The van der Waals surface area contributed by atoms with Crippen molar-refractivity contribution >= 4 is 24.0 Å². The van der Waals surface area contributed by atoms with Crippen LogP contribution in [0.3, 0.4) is 0 Å². The number of fused-ring (bicyclic) bond motifs is 1. The summed E-state index contributed by atoms with van der Waals surface area (Å²) in [5.74, 6) is -5.60. The maximum absolute atomic E-state index is 12.9. The van der Waals surface area contributed by atoms with E-state index in [0.717, 1.165) is 13.2 Å². The van der Waals surface area contributed by atoms with E-state index in [2.05, 4.69) is 0 Å². The molecule has 0 bridgehead atoms. The molecular weight excluding hydrogens is 540 g/mol. The van der Waals surface area contributed by atoms with Gasteiger partial charge in [-0.2, -0.15) is 0 Å². The first kappa shape index (κ1) is 28.6. The molecule has 0 saturated carbocycles. The van der Waals surface area contributed by atoms with Crippen LogP contribution >= 0.6 is 0 Å². The maximum atomic E-state index is 12.9. The molecule has 0 unspecified atom stereocenters.